The lowest BCUT2D eigenvalue weighted by Crippen LogP contribution is -2.33. The van der Waals surface area contributed by atoms with E-state index in [-0.39, 0.29) is 5.91 Å². The molecule has 1 unspecified atom stereocenters. The molecule has 4 heteroatoms. The molecule has 1 aromatic rings. The first kappa shape index (κ1) is 12.8. The number of amides is 1. The molecular formula is C12H21N3O. The second kappa shape index (κ2) is 6.33. The van der Waals surface area contributed by atoms with Crippen molar-refractivity contribution in [2.75, 3.05) is 20.1 Å². The van der Waals surface area contributed by atoms with Gasteiger partial charge in [-0.25, -0.2) is 0 Å². The SMILES string of the molecule is CC(CN)CN(C)C(=O)CCc1ccc[nH]1. The molecule has 3 N–H and O–H groups in total. The van der Waals surface area contributed by atoms with Crippen molar-refractivity contribution < 1.29 is 4.79 Å². The van der Waals surface area contributed by atoms with Gasteiger partial charge in [0, 0.05) is 31.9 Å². The van der Waals surface area contributed by atoms with E-state index in [0.717, 1.165) is 18.7 Å². The first-order valence-electron chi connectivity index (χ1n) is 5.69. The standard InChI is InChI=1S/C12H21N3O/c1-10(8-13)9-15(2)12(16)6-5-11-4-3-7-14-11/h3-4,7,10,14H,5-6,8-9,13H2,1-2H3. The van der Waals surface area contributed by atoms with Crippen LogP contribution in [0.5, 0.6) is 0 Å². The van der Waals surface area contributed by atoms with Crippen LogP contribution in [0.3, 0.4) is 0 Å². The molecule has 0 aromatic carbocycles. The van der Waals surface area contributed by atoms with Gasteiger partial charge in [-0.1, -0.05) is 6.92 Å². The quantitative estimate of drug-likeness (QED) is 0.755. The molecule has 0 bridgehead atoms. The minimum Gasteiger partial charge on any atom is -0.365 e. The zero-order chi connectivity index (χ0) is 12.0. The average molecular weight is 223 g/mol. The van der Waals surface area contributed by atoms with Crippen LogP contribution in [-0.4, -0.2) is 35.9 Å². The van der Waals surface area contributed by atoms with Crippen LogP contribution in [0.2, 0.25) is 0 Å². The Kier molecular flexibility index (Phi) is 5.05. The predicted molar refractivity (Wildman–Crippen MR) is 65.0 cm³/mol. The second-order valence-electron chi connectivity index (χ2n) is 4.31. The number of nitrogens with zero attached hydrogens (tertiary/aromatic N) is 1. The number of hydrogen-bond donors (Lipinski definition) is 2. The van der Waals surface area contributed by atoms with E-state index in [1.807, 2.05) is 25.4 Å². The summed E-state index contributed by atoms with van der Waals surface area (Å²) in [5, 5.41) is 0. The molecule has 0 aliphatic heterocycles. The smallest absolute Gasteiger partial charge is 0.222 e. The van der Waals surface area contributed by atoms with Crippen molar-refractivity contribution in [3.05, 3.63) is 24.0 Å². The van der Waals surface area contributed by atoms with E-state index in [4.69, 9.17) is 5.73 Å². The predicted octanol–water partition coefficient (Wildman–Crippen LogP) is 1.00. The van der Waals surface area contributed by atoms with Crippen LogP contribution in [0.25, 0.3) is 0 Å². The summed E-state index contributed by atoms with van der Waals surface area (Å²) in [7, 11) is 1.84. The highest BCUT2D eigenvalue weighted by atomic mass is 16.2. The number of H-pyrrole nitrogens is 1. The van der Waals surface area contributed by atoms with Gasteiger partial charge in [0.25, 0.3) is 0 Å². The molecule has 1 heterocycles. The van der Waals surface area contributed by atoms with Crippen molar-refractivity contribution in [1.29, 1.82) is 0 Å². The molecule has 0 radical (unpaired) electrons. The largest absolute Gasteiger partial charge is 0.365 e. The summed E-state index contributed by atoms with van der Waals surface area (Å²) in [6, 6.07) is 3.94. The molecular weight excluding hydrogens is 202 g/mol. The van der Waals surface area contributed by atoms with E-state index in [1.165, 1.54) is 0 Å². The third kappa shape index (κ3) is 4.06. The molecule has 4 nitrogen and oxygen atoms in total. The topological polar surface area (TPSA) is 62.1 Å². The Morgan fingerprint density at radius 1 is 1.62 bits per heavy atom. The van der Waals surface area contributed by atoms with Gasteiger partial charge in [0.15, 0.2) is 0 Å². The number of carbonyl (C=O) groups excluding carboxylic acids is 1. The van der Waals surface area contributed by atoms with Crippen molar-refractivity contribution in [1.82, 2.24) is 9.88 Å². The van der Waals surface area contributed by atoms with E-state index in [2.05, 4.69) is 11.9 Å². The van der Waals surface area contributed by atoms with Crippen molar-refractivity contribution >= 4 is 5.91 Å². The van der Waals surface area contributed by atoms with Gasteiger partial charge < -0.3 is 15.6 Å². The zero-order valence-corrected chi connectivity index (χ0v) is 10.1. The van der Waals surface area contributed by atoms with Gasteiger partial charge >= 0.3 is 0 Å². The molecule has 1 amide bonds. The summed E-state index contributed by atoms with van der Waals surface area (Å²) in [5.41, 5.74) is 6.63. The van der Waals surface area contributed by atoms with E-state index < -0.39 is 0 Å². The van der Waals surface area contributed by atoms with Crippen LogP contribution in [0.15, 0.2) is 18.3 Å². The molecule has 0 aliphatic carbocycles. The number of aromatic amines is 1. The normalized spacial score (nSPS) is 12.4. The molecule has 0 saturated carbocycles. The van der Waals surface area contributed by atoms with E-state index in [0.29, 0.717) is 18.9 Å². The molecule has 0 aliphatic rings. The van der Waals surface area contributed by atoms with Gasteiger partial charge in [-0.2, -0.15) is 0 Å². The Bertz CT molecular complexity index is 308. The van der Waals surface area contributed by atoms with Crippen molar-refractivity contribution in [2.45, 2.75) is 19.8 Å². The fourth-order valence-electron chi connectivity index (χ4n) is 1.60. The highest BCUT2D eigenvalue weighted by molar-refractivity contribution is 5.76. The number of nitrogens with two attached hydrogens (primary N) is 1. The van der Waals surface area contributed by atoms with Crippen LogP contribution in [-0.2, 0) is 11.2 Å². The van der Waals surface area contributed by atoms with Gasteiger partial charge in [0.2, 0.25) is 5.91 Å². The Hall–Kier alpha value is -1.29. The molecule has 0 fully saturated rings. The molecule has 0 saturated heterocycles. The molecule has 1 atom stereocenters. The van der Waals surface area contributed by atoms with Gasteiger partial charge in [-0.15, -0.1) is 0 Å². The van der Waals surface area contributed by atoms with Gasteiger partial charge in [0.1, 0.15) is 0 Å². The maximum Gasteiger partial charge on any atom is 0.222 e. The lowest BCUT2D eigenvalue weighted by Gasteiger charge is -2.20. The number of aryl methyl sites for hydroxylation is 1. The van der Waals surface area contributed by atoms with Crippen molar-refractivity contribution in [3.63, 3.8) is 0 Å². The molecule has 1 rings (SSSR count). The van der Waals surface area contributed by atoms with Gasteiger partial charge in [-0.05, 0) is 31.0 Å². The third-order valence-corrected chi connectivity index (χ3v) is 2.68. The number of aromatic nitrogens is 1. The van der Waals surface area contributed by atoms with Crippen LogP contribution in [0, 0.1) is 5.92 Å². The number of nitrogens with one attached hydrogen (secondary N) is 1. The lowest BCUT2D eigenvalue weighted by atomic mass is 10.1. The number of rotatable bonds is 6. The second-order valence-corrected chi connectivity index (χ2v) is 4.31. The van der Waals surface area contributed by atoms with Crippen molar-refractivity contribution in [2.24, 2.45) is 11.7 Å². The minimum atomic E-state index is 0.176. The van der Waals surface area contributed by atoms with E-state index in [9.17, 15) is 4.79 Å². The summed E-state index contributed by atoms with van der Waals surface area (Å²) < 4.78 is 0. The fourth-order valence-corrected chi connectivity index (χ4v) is 1.60. The maximum absolute atomic E-state index is 11.8. The molecule has 16 heavy (non-hydrogen) atoms. The van der Waals surface area contributed by atoms with Crippen LogP contribution < -0.4 is 5.73 Å². The van der Waals surface area contributed by atoms with E-state index in [1.54, 1.807) is 4.90 Å². The lowest BCUT2D eigenvalue weighted by molar-refractivity contribution is -0.130. The Morgan fingerprint density at radius 2 is 2.38 bits per heavy atom. The van der Waals surface area contributed by atoms with Crippen LogP contribution in [0.1, 0.15) is 19.0 Å². The van der Waals surface area contributed by atoms with Crippen LogP contribution >= 0.6 is 0 Å². The summed E-state index contributed by atoms with van der Waals surface area (Å²) in [5.74, 6) is 0.536. The first-order valence-corrected chi connectivity index (χ1v) is 5.69. The van der Waals surface area contributed by atoms with Crippen LogP contribution in [0.4, 0.5) is 0 Å². The summed E-state index contributed by atoms with van der Waals surface area (Å²) >= 11 is 0. The summed E-state index contributed by atoms with van der Waals surface area (Å²) in [4.78, 5) is 16.6. The minimum absolute atomic E-state index is 0.176. The highest BCUT2D eigenvalue weighted by Gasteiger charge is 2.11. The van der Waals surface area contributed by atoms with Gasteiger partial charge in [-0.3, -0.25) is 4.79 Å². The third-order valence-electron chi connectivity index (χ3n) is 2.68. The Labute approximate surface area is 96.8 Å². The van der Waals surface area contributed by atoms with Gasteiger partial charge in [0.05, 0.1) is 0 Å². The summed E-state index contributed by atoms with van der Waals surface area (Å²) in [6.07, 6.45) is 3.20. The maximum atomic E-state index is 11.8. The molecule has 1 aromatic heterocycles. The summed E-state index contributed by atoms with van der Waals surface area (Å²) in [6.45, 7) is 3.41. The van der Waals surface area contributed by atoms with E-state index >= 15 is 0 Å². The fraction of sp³-hybridized carbons (Fsp3) is 0.583. The molecule has 0 spiro atoms. The number of carbonyl (C=O) groups is 1. The molecule has 90 valence electrons. The number of hydrogen-bond acceptors (Lipinski definition) is 2. The Balaban J connectivity index is 2.29. The van der Waals surface area contributed by atoms with Crippen molar-refractivity contribution in [3.8, 4) is 0 Å². The monoisotopic (exact) mass is 223 g/mol. The average Bonchev–Trinajstić information content (AvgIpc) is 2.78. The highest BCUT2D eigenvalue weighted by Crippen LogP contribution is 2.03. The Morgan fingerprint density at radius 3 is 2.94 bits per heavy atom. The first-order chi connectivity index (χ1) is 7.63. The zero-order valence-electron chi connectivity index (χ0n) is 10.1.